The topological polar surface area (TPSA) is 84.0 Å². The molecule has 18 heavy (non-hydrogen) atoms. The van der Waals surface area contributed by atoms with Crippen LogP contribution in [0.3, 0.4) is 0 Å². The molecule has 9 heteroatoms. The van der Waals surface area contributed by atoms with Crippen molar-refractivity contribution >= 4 is 19.7 Å². The SMILES string of the molecule is N#Cc1ccc(S(=O)(=O)Cl)c(C(F)(F)F)c1CN. The van der Waals surface area contributed by atoms with Crippen LogP contribution >= 0.6 is 10.7 Å². The third kappa shape index (κ3) is 2.75. The van der Waals surface area contributed by atoms with Gasteiger partial charge in [-0.1, -0.05) is 0 Å². The van der Waals surface area contributed by atoms with Gasteiger partial charge in [-0.15, -0.1) is 0 Å². The van der Waals surface area contributed by atoms with Gasteiger partial charge in [-0.25, -0.2) is 8.42 Å². The Morgan fingerprint density at radius 1 is 1.39 bits per heavy atom. The van der Waals surface area contributed by atoms with E-state index in [1.54, 1.807) is 0 Å². The van der Waals surface area contributed by atoms with Crippen molar-refractivity contribution in [2.45, 2.75) is 17.6 Å². The Morgan fingerprint density at radius 3 is 2.28 bits per heavy atom. The summed E-state index contributed by atoms with van der Waals surface area (Å²) >= 11 is 0. The number of benzene rings is 1. The van der Waals surface area contributed by atoms with E-state index >= 15 is 0 Å². The molecule has 0 aliphatic carbocycles. The molecule has 0 aliphatic heterocycles. The van der Waals surface area contributed by atoms with Crippen LogP contribution in [0.4, 0.5) is 13.2 Å². The molecule has 2 N–H and O–H groups in total. The molecule has 0 aliphatic rings. The summed E-state index contributed by atoms with van der Waals surface area (Å²) < 4.78 is 60.8. The molecule has 0 unspecified atom stereocenters. The van der Waals surface area contributed by atoms with Gasteiger partial charge in [-0.05, 0) is 17.7 Å². The second kappa shape index (κ2) is 4.76. The highest BCUT2D eigenvalue weighted by Gasteiger charge is 2.40. The Kier molecular flexibility index (Phi) is 3.90. The lowest BCUT2D eigenvalue weighted by Gasteiger charge is -2.16. The first-order valence-electron chi connectivity index (χ1n) is 4.40. The predicted molar refractivity (Wildman–Crippen MR) is 57.1 cm³/mol. The molecule has 0 saturated heterocycles. The molecule has 4 nitrogen and oxygen atoms in total. The van der Waals surface area contributed by atoms with E-state index in [2.05, 4.69) is 0 Å². The fraction of sp³-hybridized carbons (Fsp3) is 0.222. The normalized spacial score (nSPS) is 12.2. The van der Waals surface area contributed by atoms with Crippen LogP contribution in [0.25, 0.3) is 0 Å². The number of halogens is 4. The van der Waals surface area contributed by atoms with E-state index in [4.69, 9.17) is 21.7 Å². The largest absolute Gasteiger partial charge is 0.418 e. The first-order chi connectivity index (χ1) is 8.12. The van der Waals surface area contributed by atoms with Crippen LogP contribution in [0, 0.1) is 11.3 Å². The highest BCUT2D eigenvalue weighted by Crippen LogP contribution is 2.39. The lowest BCUT2D eigenvalue weighted by molar-refractivity contribution is -0.140. The third-order valence-electron chi connectivity index (χ3n) is 2.15. The van der Waals surface area contributed by atoms with Crippen LogP contribution in [0.1, 0.15) is 16.7 Å². The first kappa shape index (κ1) is 14.8. The van der Waals surface area contributed by atoms with Crippen LogP contribution < -0.4 is 5.73 Å². The molecule has 0 saturated carbocycles. The van der Waals surface area contributed by atoms with Crippen LogP contribution in [0.2, 0.25) is 0 Å². The van der Waals surface area contributed by atoms with Crippen molar-refractivity contribution in [2.24, 2.45) is 5.73 Å². The van der Waals surface area contributed by atoms with Crippen molar-refractivity contribution in [3.05, 3.63) is 28.8 Å². The fourth-order valence-electron chi connectivity index (χ4n) is 1.46. The van der Waals surface area contributed by atoms with Crippen LogP contribution in [-0.4, -0.2) is 8.42 Å². The van der Waals surface area contributed by atoms with E-state index in [1.807, 2.05) is 0 Å². The Morgan fingerprint density at radius 2 is 1.94 bits per heavy atom. The molecular formula is C9H6ClF3N2O2S. The summed E-state index contributed by atoms with van der Waals surface area (Å²) in [5.41, 5.74) is 2.73. The van der Waals surface area contributed by atoms with Gasteiger partial charge in [0.05, 0.1) is 22.1 Å². The number of nitrogens with two attached hydrogens (primary N) is 1. The van der Waals surface area contributed by atoms with Crippen molar-refractivity contribution < 1.29 is 21.6 Å². The van der Waals surface area contributed by atoms with Gasteiger partial charge in [-0.3, -0.25) is 0 Å². The van der Waals surface area contributed by atoms with Gasteiger partial charge in [-0.2, -0.15) is 18.4 Å². The van der Waals surface area contributed by atoms with Crippen molar-refractivity contribution in [2.75, 3.05) is 0 Å². The Labute approximate surface area is 105 Å². The van der Waals surface area contributed by atoms with Gasteiger partial charge < -0.3 is 5.73 Å². The van der Waals surface area contributed by atoms with Gasteiger partial charge in [0.2, 0.25) is 0 Å². The van der Waals surface area contributed by atoms with E-state index < -0.39 is 37.8 Å². The molecule has 1 aromatic rings. The van der Waals surface area contributed by atoms with Crippen LogP contribution in [0.15, 0.2) is 17.0 Å². The van der Waals surface area contributed by atoms with E-state index in [0.717, 1.165) is 6.07 Å². The second-order valence-corrected chi connectivity index (χ2v) is 5.75. The number of alkyl halides is 3. The summed E-state index contributed by atoms with van der Waals surface area (Å²) in [4.78, 5) is -1.10. The summed E-state index contributed by atoms with van der Waals surface area (Å²) in [6, 6.07) is 3.10. The lowest BCUT2D eigenvalue weighted by Crippen LogP contribution is -2.17. The number of hydrogen-bond acceptors (Lipinski definition) is 4. The summed E-state index contributed by atoms with van der Waals surface area (Å²) in [6.45, 7) is -0.627. The Hall–Kier alpha value is -1.30. The molecule has 0 spiro atoms. The van der Waals surface area contributed by atoms with Crippen molar-refractivity contribution in [1.82, 2.24) is 0 Å². The fourth-order valence-corrected chi connectivity index (χ4v) is 2.56. The quantitative estimate of drug-likeness (QED) is 0.846. The van der Waals surface area contributed by atoms with Crippen LogP contribution in [0.5, 0.6) is 0 Å². The van der Waals surface area contributed by atoms with Gasteiger partial charge in [0.25, 0.3) is 9.05 Å². The zero-order valence-corrected chi connectivity index (χ0v) is 10.2. The Bertz CT molecular complexity index is 620. The smallest absolute Gasteiger partial charge is 0.326 e. The molecule has 0 bridgehead atoms. The molecule has 0 fully saturated rings. The van der Waals surface area contributed by atoms with Gasteiger partial charge in [0.15, 0.2) is 0 Å². The summed E-state index contributed by atoms with van der Waals surface area (Å²) in [5.74, 6) is 0. The maximum absolute atomic E-state index is 12.9. The maximum atomic E-state index is 12.9. The highest BCUT2D eigenvalue weighted by molar-refractivity contribution is 8.13. The average Bonchev–Trinajstić information content (AvgIpc) is 2.24. The Balaban J connectivity index is 3.85. The second-order valence-electron chi connectivity index (χ2n) is 3.22. The molecule has 1 aromatic carbocycles. The minimum absolute atomic E-state index is 0.339. The van der Waals surface area contributed by atoms with Gasteiger partial charge >= 0.3 is 6.18 Å². The standard InChI is InChI=1S/C9H6ClF3N2O2S/c10-18(16,17)7-2-1-5(3-14)6(4-15)8(7)9(11,12)13/h1-2H,4,15H2. The van der Waals surface area contributed by atoms with E-state index in [-0.39, 0.29) is 5.56 Å². The van der Waals surface area contributed by atoms with Crippen molar-refractivity contribution in [3.63, 3.8) is 0 Å². The lowest BCUT2D eigenvalue weighted by atomic mass is 10.0. The van der Waals surface area contributed by atoms with E-state index in [9.17, 15) is 21.6 Å². The molecule has 1 rings (SSSR count). The monoisotopic (exact) mass is 298 g/mol. The highest BCUT2D eigenvalue weighted by atomic mass is 35.7. The maximum Gasteiger partial charge on any atom is 0.418 e. The molecule has 0 amide bonds. The summed E-state index contributed by atoms with van der Waals surface area (Å²) in [6.07, 6.45) is -4.97. The zero-order chi connectivity index (χ0) is 14.1. The minimum atomic E-state index is -4.97. The molecule has 0 heterocycles. The van der Waals surface area contributed by atoms with Crippen molar-refractivity contribution in [3.8, 4) is 6.07 Å². The molecule has 0 aromatic heterocycles. The molecule has 0 radical (unpaired) electrons. The van der Waals surface area contributed by atoms with Gasteiger partial charge in [0, 0.05) is 17.2 Å². The summed E-state index contributed by atoms with van der Waals surface area (Å²) in [7, 11) is 0.356. The summed E-state index contributed by atoms with van der Waals surface area (Å²) in [5, 5.41) is 8.68. The zero-order valence-electron chi connectivity index (χ0n) is 8.62. The minimum Gasteiger partial charge on any atom is -0.326 e. The third-order valence-corrected chi connectivity index (χ3v) is 3.51. The average molecular weight is 299 g/mol. The number of rotatable bonds is 2. The number of hydrogen-bond donors (Lipinski definition) is 1. The molecule has 98 valence electrons. The number of nitrogens with zero attached hydrogens (tertiary/aromatic N) is 1. The predicted octanol–water partition coefficient (Wildman–Crippen LogP) is 1.96. The van der Waals surface area contributed by atoms with Crippen LogP contribution in [-0.2, 0) is 21.8 Å². The first-order valence-corrected chi connectivity index (χ1v) is 6.71. The van der Waals surface area contributed by atoms with E-state index in [0.29, 0.717) is 6.07 Å². The number of nitriles is 1. The van der Waals surface area contributed by atoms with E-state index in [1.165, 1.54) is 6.07 Å². The van der Waals surface area contributed by atoms with Crippen molar-refractivity contribution in [1.29, 1.82) is 5.26 Å². The molecule has 0 atom stereocenters. The van der Waals surface area contributed by atoms with Gasteiger partial charge in [0.1, 0.15) is 0 Å². The molecular weight excluding hydrogens is 293 g/mol.